The molecule has 0 saturated carbocycles. The Bertz CT molecular complexity index is 982. The van der Waals surface area contributed by atoms with E-state index in [0.29, 0.717) is 18.7 Å². The van der Waals surface area contributed by atoms with Gasteiger partial charge in [-0.05, 0) is 35.7 Å². The van der Waals surface area contributed by atoms with E-state index < -0.39 is 5.41 Å². The molecule has 0 spiro atoms. The van der Waals surface area contributed by atoms with Crippen molar-refractivity contribution in [3.63, 3.8) is 0 Å². The van der Waals surface area contributed by atoms with E-state index in [1.165, 1.54) is 0 Å². The molecule has 0 bridgehead atoms. The van der Waals surface area contributed by atoms with Crippen LogP contribution in [0.5, 0.6) is 0 Å². The number of furan rings is 1. The maximum atomic E-state index is 13.4. The van der Waals surface area contributed by atoms with Crippen molar-refractivity contribution < 1.29 is 14.0 Å². The number of anilines is 1. The average molecular weight is 374 g/mol. The van der Waals surface area contributed by atoms with Gasteiger partial charge in [0.15, 0.2) is 0 Å². The summed E-state index contributed by atoms with van der Waals surface area (Å²) in [6.07, 6.45) is 2.13. The summed E-state index contributed by atoms with van der Waals surface area (Å²) in [5.74, 6) is 0.456. The van der Waals surface area contributed by atoms with E-state index in [1.54, 1.807) is 24.3 Å². The maximum Gasteiger partial charge on any atom is 0.238 e. The van der Waals surface area contributed by atoms with Crippen LogP contribution < -0.4 is 10.2 Å². The van der Waals surface area contributed by atoms with Gasteiger partial charge in [0, 0.05) is 19.2 Å². The second kappa shape index (κ2) is 7.35. The standard InChI is InChI=1S/C23H22N2O3/c1-25-20-12-6-5-11-19(20)23(22(25)27,14-17-8-3-2-4-9-17)15-21(26)24-16-18-10-7-13-28-18/h2-13H,14-16H2,1H3,(H,24,26)/t23-/m0/s1. The Morgan fingerprint density at radius 1 is 1.04 bits per heavy atom. The normalized spacial score (nSPS) is 18.2. The van der Waals surface area contributed by atoms with Crippen molar-refractivity contribution in [1.82, 2.24) is 5.32 Å². The van der Waals surface area contributed by atoms with Crippen LogP contribution in [-0.4, -0.2) is 18.9 Å². The Morgan fingerprint density at radius 2 is 1.79 bits per heavy atom. The number of nitrogens with one attached hydrogen (secondary N) is 1. The minimum absolute atomic E-state index is 0.0503. The van der Waals surface area contributed by atoms with Crippen LogP contribution in [0, 0.1) is 0 Å². The molecule has 1 aliphatic rings. The van der Waals surface area contributed by atoms with Gasteiger partial charge < -0.3 is 14.6 Å². The SMILES string of the molecule is CN1C(=O)[C@](CC(=O)NCc2ccco2)(Cc2ccccc2)c2ccccc21. The van der Waals surface area contributed by atoms with Crippen LogP contribution in [0.15, 0.2) is 77.4 Å². The van der Waals surface area contributed by atoms with E-state index in [2.05, 4.69) is 5.32 Å². The first-order chi connectivity index (χ1) is 13.6. The third-order valence-electron chi connectivity index (χ3n) is 5.35. The monoisotopic (exact) mass is 374 g/mol. The third-order valence-corrected chi connectivity index (χ3v) is 5.35. The number of hydrogen-bond donors (Lipinski definition) is 1. The highest BCUT2D eigenvalue weighted by Crippen LogP contribution is 2.45. The van der Waals surface area contributed by atoms with Crippen molar-refractivity contribution in [2.45, 2.75) is 24.8 Å². The predicted molar refractivity (Wildman–Crippen MR) is 107 cm³/mol. The minimum atomic E-state index is -0.917. The van der Waals surface area contributed by atoms with E-state index in [9.17, 15) is 9.59 Å². The number of nitrogens with zero attached hydrogens (tertiary/aromatic N) is 1. The molecule has 142 valence electrons. The lowest BCUT2D eigenvalue weighted by molar-refractivity contribution is -0.129. The first-order valence-corrected chi connectivity index (χ1v) is 9.31. The van der Waals surface area contributed by atoms with Crippen molar-refractivity contribution in [3.05, 3.63) is 89.9 Å². The quantitative estimate of drug-likeness (QED) is 0.719. The molecule has 2 amide bonds. The molecule has 1 atom stereocenters. The van der Waals surface area contributed by atoms with Crippen molar-refractivity contribution in [1.29, 1.82) is 0 Å². The summed E-state index contributed by atoms with van der Waals surface area (Å²) in [6, 6.07) is 21.2. The number of likely N-dealkylation sites (N-methyl/N-ethyl adjacent to an activating group) is 1. The van der Waals surface area contributed by atoms with E-state index in [4.69, 9.17) is 4.42 Å². The number of amides is 2. The molecule has 0 saturated heterocycles. The van der Waals surface area contributed by atoms with Crippen LogP contribution >= 0.6 is 0 Å². The number of rotatable bonds is 6. The second-order valence-electron chi connectivity index (χ2n) is 7.16. The summed E-state index contributed by atoms with van der Waals surface area (Å²) in [4.78, 5) is 27.9. The molecule has 5 heteroatoms. The molecule has 1 N–H and O–H groups in total. The maximum absolute atomic E-state index is 13.4. The van der Waals surface area contributed by atoms with Gasteiger partial charge in [0.1, 0.15) is 5.76 Å². The van der Waals surface area contributed by atoms with Gasteiger partial charge >= 0.3 is 0 Å². The van der Waals surface area contributed by atoms with Crippen molar-refractivity contribution in [2.24, 2.45) is 0 Å². The number of hydrogen-bond acceptors (Lipinski definition) is 3. The van der Waals surface area contributed by atoms with Gasteiger partial charge in [-0.3, -0.25) is 9.59 Å². The Balaban J connectivity index is 1.66. The van der Waals surface area contributed by atoms with Crippen LogP contribution in [0.3, 0.4) is 0 Å². The Labute approximate surface area is 164 Å². The van der Waals surface area contributed by atoms with Crippen molar-refractivity contribution in [3.8, 4) is 0 Å². The fourth-order valence-corrected chi connectivity index (χ4v) is 4.00. The van der Waals surface area contributed by atoms with Crippen LogP contribution in [0.2, 0.25) is 0 Å². The lowest BCUT2D eigenvalue weighted by Crippen LogP contribution is -2.44. The van der Waals surface area contributed by atoms with Crippen molar-refractivity contribution in [2.75, 3.05) is 11.9 Å². The van der Waals surface area contributed by atoms with Gasteiger partial charge in [-0.15, -0.1) is 0 Å². The molecule has 0 radical (unpaired) electrons. The number of fused-ring (bicyclic) bond motifs is 1. The summed E-state index contributed by atoms with van der Waals surface area (Å²) in [6.45, 7) is 0.304. The third kappa shape index (κ3) is 3.20. The minimum Gasteiger partial charge on any atom is -0.467 e. The first kappa shape index (κ1) is 18.0. The van der Waals surface area contributed by atoms with Gasteiger partial charge in [-0.25, -0.2) is 0 Å². The van der Waals surface area contributed by atoms with Crippen molar-refractivity contribution >= 4 is 17.5 Å². The molecular weight excluding hydrogens is 352 g/mol. The highest BCUT2D eigenvalue weighted by molar-refractivity contribution is 6.09. The lowest BCUT2D eigenvalue weighted by atomic mass is 9.73. The summed E-state index contributed by atoms with van der Waals surface area (Å²) < 4.78 is 5.28. The molecular formula is C23H22N2O3. The molecule has 0 fully saturated rings. The Morgan fingerprint density at radius 3 is 2.54 bits per heavy atom. The predicted octanol–water partition coefficient (Wildman–Crippen LogP) is 3.44. The zero-order valence-electron chi connectivity index (χ0n) is 15.7. The molecule has 28 heavy (non-hydrogen) atoms. The Hall–Kier alpha value is -3.34. The fraction of sp³-hybridized carbons (Fsp3) is 0.217. The van der Waals surface area contributed by atoms with Gasteiger partial charge in [0.25, 0.3) is 0 Å². The molecule has 2 heterocycles. The highest BCUT2D eigenvalue weighted by atomic mass is 16.3. The number of carbonyl (C=O) groups is 2. The van der Waals surface area contributed by atoms with Crippen LogP contribution in [0.4, 0.5) is 5.69 Å². The second-order valence-corrected chi connectivity index (χ2v) is 7.16. The number of para-hydroxylation sites is 1. The highest BCUT2D eigenvalue weighted by Gasteiger charge is 2.50. The van der Waals surface area contributed by atoms with E-state index in [-0.39, 0.29) is 18.2 Å². The van der Waals surface area contributed by atoms with Crippen LogP contribution in [-0.2, 0) is 28.0 Å². The first-order valence-electron chi connectivity index (χ1n) is 9.31. The molecule has 3 aromatic rings. The van der Waals surface area contributed by atoms with Gasteiger partial charge in [-0.2, -0.15) is 0 Å². The average Bonchev–Trinajstić information content (AvgIpc) is 3.31. The molecule has 1 aromatic heterocycles. The lowest BCUT2D eigenvalue weighted by Gasteiger charge is -2.28. The van der Waals surface area contributed by atoms with E-state index >= 15 is 0 Å². The number of benzene rings is 2. The van der Waals surface area contributed by atoms with Gasteiger partial charge in [-0.1, -0.05) is 48.5 Å². The summed E-state index contributed by atoms with van der Waals surface area (Å²) >= 11 is 0. The number of carbonyl (C=O) groups excluding carboxylic acids is 2. The fourth-order valence-electron chi connectivity index (χ4n) is 4.00. The summed E-state index contributed by atoms with van der Waals surface area (Å²) in [5, 5.41) is 2.89. The molecule has 4 rings (SSSR count). The summed E-state index contributed by atoms with van der Waals surface area (Å²) in [5.41, 5.74) is 1.88. The largest absolute Gasteiger partial charge is 0.467 e. The smallest absolute Gasteiger partial charge is 0.238 e. The van der Waals surface area contributed by atoms with E-state index in [1.807, 2.05) is 60.7 Å². The van der Waals surface area contributed by atoms with Gasteiger partial charge in [0.05, 0.1) is 18.2 Å². The molecule has 0 aliphatic carbocycles. The zero-order valence-corrected chi connectivity index (χ0v) is 15.7. The summed E-state index contributed by atoms with van der Waals surface area (Å²) in [7, 11) is 1.77. The van der Waals surface area contributed by atoms with Crippen LogP contribution in [0.1, 0.15) is 23.3 Å². The molecule has 0 unspecified atom stereocenters. The Kier molecular flexibility index (Phi) is 4.74. The topological polar surface area (TPSA) is 62.6 Å². The zero-order chi connectivity index (χ0) is 19.6. The van der Waals surface area contributed by atoms with Crippen LogP contribution in [0.25, 0.3) is 0 Å². The molecule has 2 aromatic carbocycles. The molecule has 1 aliphatic heterocycles. The van der Waals surface area contributed by atoms with E-state index in [0.717, 1.165) is 16.8 Å². The molecule has 5 nitrogen and oxygen atoms in total. The van der Waals surface area contributed by atoms with Gasteiger partial charge in [0.2, 0.25) is 11.8 Å².